The summed E-state index contributed by atoms with van der Waals surface area (Å²) < 4.78 is 20.2. The minimum absolute atomic E-state index is 0.00102. The third-order valence-electron chi connectivity index (χ3n) is 6.01. The number of halogens is 2. The molecule has 2 aromatic rings. The maximum absolute atomic E-state index is 14.3. The highest BCUT2D eigenvalue weighted by atomic mass is 35.5. The number of primary amides is 1. The Balaban J connectivity index is 1.75. The van der Waals surface area contributed by atoms with Crippen molar-refractivity contribution in [2.24, 2.45) is 17.6 Å². The third-order valence-corrected chi connectivity index (χ3v) is 7.17. The largest absolute Gasteiger partial charge is 0.483 e. The second-order valence-corrected chi connectivity index (χ2v) is 9.39. The van der Waals surface area contributed by atoms with Crippen LogP contribution in [0.25, 0.3) is 11.3 Å². The van der Waals surface area contributed by atoms with E-state index in [4.69, 9.17) is 22.1 Å². The van der Waals surface area contributed by atoms with E-state index in [0.29, 0.717) is 22.6 Å². The van der Waals surface area contributed by atoms with Crippen LogP contribution in [0.1, 0.15) is 36.1 Å². The van der Waals surface area contributed by atoms with Crippen LogP contribution in [0.3, 0.4) is 0 Å². The molecule has 34 heavy (non-hydrogen) atoms. The molecule has 1 aromatic heterocycles. The molecule has 0 bridgehead atoms. The standard InChI is InChI=1S/C23H20ClFN2O6S/c24-14-9-16-13(8-15(14)25)19(21(29)27(16)23(26)32)20(18-6-3-7-34-18)33-10-17(28)11-4-1-2-5-12(11)22(30)31/h3,6-9,11-12H,1-2,4-5,10H2,(H2,26,32)(H,30,31)/t11-,12-/m1/s1. The number of amides is 3. The van der Waals surface area contributed by atoms with Gasteiger partial charge in [-0.15, -0.1) is 11.3 Å². The summed E-state index contributed by atoms with van der Waals surface area (Å²) in [5.41, 5.74) is 5.30. The number of ether oxygens (including phenoxy) is 1. The number of urea groups is 1. The van der Waals surface area contributed by atoms with Gasteiger partial charge in [-0.25, -0.2) is 14.1 Å². The fraction of sp³-hybridized carbons (Fsp3) is 0.304. The molecule has 3 N–H and O–H groups in total. The summed E-state index contributed by atoms with van der Waals surface area (Å²) in [5, 5.41) is 10.9. The van der Waals surface area contributed by atoms with E-state index in [1.165, 1.54) is 11.3 Å². The highest BCUT2D eigenvalue weighted by Crippen LogP contribution is 2.44. The number of nitrogens with two attached hydrogens (primary N) is 1. The first-order valence-electron chi connectivity index (χ1n) is 10.5. The Morgan fingerprint density at radius 2 is 1.94 bits per heavy atom. The van der Waals surface area contributed by atoms with E-state index in [9.17, 15) is 28.7 Å². The first-order valence-corrected chi connectivity index (χ1v) is 11.8. The lowest BCUT2D eigenvalue weighted by molar-refractivity contribution is -0.148. The van der Waals surface area contributed by atoms with E-state index in [1.54, 1.807) is 17.5 Å². The van der Waals surface area contributed by atoms with Crippen LogP contribution in [0.2, 0.25) is 5.02 Å². The van der Waals surface area contributed by atoms with E-state index in [0.717, 1.165) is 25.0 Å². The van der Waals surface area contributed by atoms with E-state index < -0.39 is 48.0 Å². The Bertz CT molecular complexity index is 1210. The van der Waals surface area contributed by atoms with Crippen molar-refractivity contribution >= 4 is 63.6 Å². The van der Waals surface area contributed by atoms with Gasteiger partial charge in [-0.3, -0.25) is 14.4 Å². The molecule has 1 fully saturated rings. The Hall–Kier alpha value is -3.24. The van der Waals surface area contributed by atoms with Gasteiger partial charge in [-0.2, -0.15) is 0 Å². The molecule has 3 amide bonds. The number of nitrogens with zero attached hydrogens (tertiary/aromatic N) is 1. The lowest BCUT2D eigenvalue weighted by Gasteiger charge is -2.27. The lowest BCUT2D eigenvalue weighted by atomic mass is 9.77. The van der Waals surface area contributed by atoms with Crippen molar-refractivity contribution < 1.29 is 33.4 Å². The zero-order valence-corrected chi connectivity index (χ0v) is 19.3. The number of carboxylic acids is 1. The van der Waals surface area contributed by atoms with Gasteiger partial charge in [-0.1, -0.05) is 30.5 Å². The van der Waals surface area contributed by atoms with Crippen LogP contribution >= 0.6 is 22.9 Å². The predicted octanol–water partition coefficient (Wildman–Crippen LogP) is 4.31. The second-order valence-electron chi connectivity index (χ2n) is 8.03. The molecule has 2 heterocycles. The number of thiophene rings is 1. The van der Waals surface area contributed by atoms with Crippen LogP contribution in [-0.4, -0.2) is 35.4 Å². The fourth-order valence-electron chi connectivity index (χ4n) is 4.43. The molecule has 0 radical (unpaired) electrons. The number of rotatable bonds is 6. The van der Waals surface area contributed by atoms with E-state index in [2.05, 4.69) is 0 Å². The average molecular weight is 507 g/mol. The maximum atomic E-state index is 14.3. The van der Waals surface area contributed by atoms with Gasteiger partial charge >= 0.3 is 12.0 Å². The Morgan fingerprint density at radius 3 is 2.56 bits per heavy atom. The quantitative estimate of drug-likeness (QED) is 0.444. The normalized spacial score (nSPS) is 21.2. The molecule has 0 saturated heterocycles. The minimum atomic E-state index is -1.09. The van der Waals surface area contributed by atoms with Crippen molar-refractivity contribution in [1.29, 1.82) is 0 Å². The van der Waals surface area contributed by atoms with Gasteiger partial charge in [0.05, 0.1) is 27.1 Å². The first-order chi connectivity index (χ1) is 16.2. The topological polar surface area (TPSA) is 127 Å². The molecule has 2 aliphatic rings. The van der Waals surface area contributed by atoms with Crippen molar-refractivity contribution in [2.45, 2.75) is 25.7 Å². The van der Waals surface area contributed by atoms with Crippen LogP contribution in [-0.2, 0) is 19.1 Å². The molecule has 1 aromatic carbocycles. The van der Waals surface area contributed by atoms with E-state index in [1.807, 2.05) is 0 Å². The number of carboxylic acid groups (broad SMARTS) is 1. The molecular formula is C23H20ClFN2O6S. The summed E-state index contributed by atoms with van der Waals surface area (Å²) >= 11 is 7.07. The Labute approximate surface area is 202 Å². The monoisotopic (exact) mass is 506 g/mol. The van der Waals surface area contributed by atoms with E-state index in [-0.39, 0.29) is 27.6 Å². The van der Waals surface area contributed by atoms with Gasteiger partial charge in [0.1, 0.15) is 12.4 Å². The van der Waals surface area contributed by atoms with Crippen molar-refractivity contribution in [1.82, 2.24) is 0 Å². The molecule has 0 spiro atoms. The van der Waals surface area contributed by atoms with Crippen molar-refractivity contribution in [3.05, 3.63) is 50.9 Å². The second kappa shape index (κ2) is 9.55. The minimum Gasteiger partial charge on any atom is -0.483 e. The molecular weight excluding hydrogens is 487 g/mol. The number of imide groups is 1. The van der Waals surface area contributed by atoms with Crippen LogP contribution in [0.15, 0.2) is 29.6 Å². The average Bonchev–Trinajstić information content (AvgIpc) is 3.41. The maximum Gasteiger partial charge on any atom is 0.326 e. The fourth-order valence-corrected chi connectivity index (χ4v) is 5.32. The molecule has 178 valence electrons. The first kappa shape index (κ1) is 23.9. The van der Waals surface area contributed by atoms with Crippen molar-refractivity contribution in [3.63, 3.8) is 0 Å². The zero-order chi connectivity index (χ0) is 24.6. The van der Waals surface area contributed by atoms with E-state index >= 15 is 0 Å². The summed E-state index contributed by atoms with van der Waals surface area (Å²) in [6.45, 7) is -0.486. The number of carbonyl (C=O) groups excluding carboxylic acids is 3. The van der Waals surface area contributed by atoms with Gasteiger partial charge < -0.3 is 15.6 Å². The van der Waals surface area contributed by atoms with Gasteiger partial charge in [0.15, 0.2) is 11.5 Å². The van der Waals surface area contributed by atoms with Gasteiger partial charge in [0, 0.05) is 11.5 Å². The number of ketones is 1. The molecule has 0 unspecified atom stereocenters. The Kier molecular flexibility index (Phi) is 6.72. The number of hydrogen-bond acceptors (Lipinski definition) is 6. The SMILES string of the molecule is NC(=O)N1C(=O)C(=C(OCC(=O)[C@@H]2CCCC[C@H]2C(=O)O)c2cccs2)c2cc(F)c(Cl)cc21. The van der Waals surface area contributed by atoms with Gasteiger partial charge in [0.25, 0.3) is 5.91 Å². The van der Waals surface area contributed by atoms with Crippen LogP contribution in [0, 0.1) is 17.7 Å². The number of carbonyl (C=O) groups is 4. The zero-order valence-electron chi connectivity index (χ0n) is 17.8. The summed E-state index contributed by atoms with van der Waals surface area (Å²) in [4.78, 5) is 50.9. The molecule has 11 heteroatoms. The number of anilines is 1. The summed E-state index contributed by atoms with van der Waals surface area (Å²) in [5.74, 6) is -4.61. The highest BCUT2D eigenvalue weighted by Gasteiger charge is 2.41. The number of benzene rings is 1. The van der Waals surface area contributed by atoms with Gasteiger partial charge in [0.2, 0.25) is 0 Å². The molecule has 2 atom stereocenters. The number of Topliss-reactive ketones (excluding diaryl/α,β-unsaturated/α-hetero) is 1. The Morgan fingerprint density at radius 1 is 1.24 bits per heavy atom. The number of aliphatic carboxylic acids is 1. The van der Waals surface area contributed by atoms with Crippen molar-refractivity contribution in [2.75, 3.05) is 11.5 Å². The third kappa shape index (κ3) is 4.30. The van der Waals surface area contributed by atoms with Crippen LogP contribution < -0.4 is 10.6 Å². The predicted molar refractivity (Wildman–Crippen MR) is 124 cm³/mol. The summed E-state index contributed by atoms with van der Waals surface area (Å²) in [6.07, 6.45) is 2.31. The highest BCUT2D eigenvalue weighted by molar-refractivity contribution is 7.11. The molecule has 1 aliphatic heterocycles. The number of hydrogen-bond donors (Lipinski definition) is 2. The number of fused-ring (bicyclic) bond motifs is 1. The van der Waals surface area contributed by atoms with Crippen LogP contribution in [0.4, 0.5) is 14.9 Å². The van der Waals surface area contributed by atoms with Crippen LogP contribution in [0.5, 0.6) is 0 Å². The summed E-state index contributed by atoms with van der Waals surface area (Å²) in [6, 6.07) is 4.39. The summed E-state index contributed by atoms with van der Waals surface area (Å²) in [7, 11) is 0. The van der Waals surface area contributed by atoms with Crippen molar-refractivity contribution in [3.8, 4) is 0 Å². The molecule has 8 nitrogen and oxygen atoms in total. The molecule has 1 aliphatic carbocycles. The lowest BCUT2D eigenvalue weighted by Crippen LogP contribution is -2.38. The smallest absolute Gasteiger partial charge is 0.326 e. The molecule has 4 rings (SSSR count). The molecule has 1 saturated carbocycles. The van der Waals surface area contributed by atoms with Gasteiger partial charge in [-0.05, 0) is 36.4 Å².